The molecule has 102 valence electrons. The van der Waals surface area contributed by atoms with Crippen LogP contribution in [0.4, 0.5) is 5.69 Å². The molecule has 2 aromatic rings. The molecule has 0 spiro atoms. The van der Waals surface area contributed by atoms with E-state index in [-0.39, 0.29) is 11.6 Å². The van der Waals surface area contributed by atoms with E-state index in [1.807, 2.05) is 13.0 Å². The van der Waals surface area contributed by atoms with Gasteiger partial charge in [-0.3, -0.25) is 9.82 Å². The Morgan fingerprint density at radius 1 is 1.47 bits per heavy atom. The number of aromatic amines is 1. The van der Waals surface area contributed by atoms with Gasteiger partial charge in [-0.15, -0.1) is 0 Å². The lowest BCUT2D eigenvalue weighted by Gasteiger charge is -2.09. The van der Waals surface area contributed by atoms with E-state index in [2.05, 4.69) is 30.8 Å². The number of rotatable bonds is 4. The van der Waals surface area contributed by atoms with Crippen LogP contribution in [0.1, 0.15) is 11.1 Å². The molecule has 0 unspecified atom stereocenters. The summed E-state index contributed by atoms with van der Waals surface area (Å²) in [6.07, 6.45) is 1.40. The number of hydrogen-bond acceptors (Lipinski definition) is 4. The Balaban J connectivity index is 2.34. The van der Waals surface area contributed by atoms with Crippen molar-refractivity contribution in [3.63, 3.8) is 0 Å². The summed E-state index contributed by atoms with van der Waals surface area (Å²) < 4.78 is 27.7. The van der Waals surface area contributed by atoms with E-state index in [4.69, 9.17) is 5.73 Å². The minimum absolute atomic E-state index is 0.00769. The smallest absolute Gasteiger partial charge is 0.279 e. The first-order valence-electron chi connectivity index (χ1n) is 5.45. The third-order valence-electron chi connectivity index (χ3n) is 2.59. The summed E-state index contributed by atoms with van der Waals surface area (Å²) in [5.41, 5.74) is 7.40. The van der Waals surface area contributed by atoms with Crippen LogP contribution in [0.2, 0.25) is 0 Å². The van der Waals surface area contributed by atoms with Crippen molar-refractivity contribution >= 4 is 31.6 Å². The number of nitrogens with zero attached hydrogens (tertiary/aromatic N) is 1. The number of aromatic nitrogens is 2. The lowest BCUT2D eigenvalue weighted by molar-refractivity contribution is 0.596. The van der Waals surface area contributed by atoms with Crippen molar-refractivity contribution in [2.75, 3.05) is 4.72 Å². The minimum atomic E-state index is -3.71. The highest BCUT2D eigenvalue weighted by Crippen LogP contribution is 2.23. The molecule has 19 heavy (non-hydrogen) atoms. The topological polar surface area (TPSA) is 101 Å². The summed E-state index contributed by atoms with van der Waals surface area (Å²) in [6, 6.07) is 5.21. The fraction of sp³-hybridized carbons (Fsp3) is 0.182. The number of nitrogens with one attached hydrogen (secondary N) is 2. The van der Waals surface area contributed by atoms with Crippen LogP contribution in [0.3, 0.4) is 0 Å². The first kappa shape index (κ1) is 14.0. The Bertz CT molecular complexity index is 696. The average molecular weight is 345 g/mol. The molecule has 0 aliphatic rings. The first-order valence-corrected chi connectivity index (χ1v) is 7.73. The number of halogens is 1. The Hall–Kier alpha value is -1.38. The SMILES string of the molecule is Cc1ccc(NS(=O)(=O)c2[nH]ncc2CN)cc1Br. The number of benzene rings is 1. The van der Waals surface area contributed by atoms with Crippen LogP contribution in [0, 0.1) is 6.92 Å². The van der Waals surface area contributed by atoms with Gasteiger partial charge in [-0.1, -0.05) is 22.0 Å². The molecule has 1 aromatic heterocycles. The largest absolute Gasteiger partial charge is 0.326 e. The Morgan fingerprint density at radius 2 is 2.21 bits per heavy atom. The quantitative estimate of drug-likeness (QED) is 0.786. The predicted octanol–water partition coefficient (Wildman–Crippen LogP) is 1.74. The number of H-pyrrole nitrogens is 1. The maximum absolute atomic E-state index is 12.2. The lowest BCUT2D eigenvalue weighted by atomic mass is 10.2. The van der Waals surface area contributed by atoms with Gasteiger partial charge >= 0.3 is 0 Å². The monoisotopic (exact) mass is 344 g/mol. The van der Waals surface area contributed by atoms with E-state index < -0.39 is 10.0 Å². The first-order chi connectivity index (χ1) is 8.94. The highest BCUT2D eigenvalue weighted by molar-refractivity contribution is 9.10. The summed E-state index contributed by atoms with van der Waals surface area (Å²) in [4.78, 5) is 0. The van der Waals surface area contributed by atoms with Gasteiger partial charge < -0.3 is 5.73 Å². The van der Waals surface area contributed by atoms with E-state index in [1.54, 1.807) is 12.1 Å². The molecule has 0 saturated heterocycles. The van der Waals surface area contributed by atoms with Crippen molar-refractivity contribution < 1.29 is 8.42 Å². The van der Waals surface area contributed by atoms with Crippen LogP contribution < -0.4 is 10.5 Å². The van der Waals surface area contributed by atoms with Gasteiger partial charge in [-0.25, -0.2) is 0 Å². The second-order valence-corrected chi connectivity index (χ2v) is 6.47. The summed E-state index contributed by atoms with van der Waals surface area (Å²) in [7, 11) is -3.71. The predicted molar refractivity (Wildman–Crippen MR) is 76.2 cm³/mol. The fourth-order valence-corrected chi connectivity index (χ4v) is 3.11. The van der Waals surface area contributed by atoms with Gasteiger partial charge in [0.25, 0.3) is 10.0 Å². The minimum Gasteiger partial charge on any atom is -0.326 e. The van der Waals surface area contributed by atoms with Crippen molar-refractivity contribution in [3.8, 4) is 0 Å². The van der Waals surface area contributed by atoms with E-state index >= 15 is 0 Å². The number of anilines is 1. The zero-order chi connectivity index (χ0) is 14.0. The third kappa shape index (κ3) is 2.96. The van der Waals surface area contributed by atoms with Crippen LogP contribution in [0.5, 0.6) is 0 Å². The van der Waals surface area contributed by atoms with E-state index in [0.29, 0.717) is 11.3 Å². The number of aryl methyl sites for hydroxylation is 1. The highest BCUT2D eigenvalue weighted by atomic mass is 79.9. The Morgan fingerprint density at radius 3 is 2.84 bits per heavy atom. The van der Waals surface area contributed by atoms with Crippen molar-refractivity contribution in [3.05, 3.63) is 40.0 Å². The molecule has 4 N–H and O–H groups in total. The molecule has 0 radical (unpaired) electrons. The van der Waals surface area contributed by atoms with Gasteiger partial charge in [0.05, 0.1) is 11.9 Å². The van der Waals surface area contributed by atoms with Crippen LogP contribution in [-0.2, 0) is 16.6 Å². The molecule has 0 atom stereocenters. The normalized spacial score (nSPS) is 11.5. The summed E-state index contributed by atoms with van der Waals surface area (Å²) in [6.45, 7) is 2.02. The van der Waals surface area contributed by atoms with Crippen LogP contribution >= 0.6 is 15.9 Å². The Labute approximate surface area is 119 Å². The van der Waals surface area contributed by atoms with Gasteiger partial charge in [-0.05, 0) is 24.6 Å². The second-order valence-electron chi connectivity index (χ2n) is 4.00. The van der Waals surface area contributed by atoms with Crippen LogP contribution in [0.15, 0.2) is 33.9 Å². The van der Waals surface area contributed by atoms with E-state index in [0.717, 1.165) is 10.0 Å². The molecule has 2 rings (SSSR count). The van der Waals surface area contributed by atoms with Crippen molar-refractivity contribution in [2.24, 2.45) is 5.73 Å². The number of sulfonamides is 1. The molecule has 0 aliphatic carbocycles. The molecule has 0 amide bonds. The Kier molecular flexibility index (Phi) is 3.93. The second kappa shape index (κ2) is 5.32. The van der Waals surface area contributed by atoms with Crippen molar-refractivity contribution in [1.82, 2.24) is 10.2 Å². The maximum Gasteiger partial charge on any atom is 0.279 e. The van der Waals surface area contributed by atoms with Gasteiger partial charge in [0.1, 0.15) is 0 Å². The number of hydrogen-bond donors (Lipinski definition) is 3. The molecule has 8 heteroatoms. The summed E-state index contributed by atoms with van der Waals surface area (Å²) >= 11 is 3.36. The average Bonchev–Trinajstić information content (AvgIpc) is 2.82. The highest BCUT2D eigenvalue weighted by Gasteiger charge is 2.20. The maximum atomic E-state index is 12.2. The van der Waals surface area contributed by atoms with Gasteiger partial charge in [0.15, 0.2) is 5.03 Å². The molecule has 1 aromatic carbocycles. The zero-order valence-electron chi connectivity index (χ0n) is 10.1. The summed E-state index contributed by atoms with van der Waals surface area (Å²) in [5.74, 6) is 0. The van der Waals surface area contributed by atoms with Gasteiger partial charge in [-0.2, -0.15) is 13.5 Å². The lowest BCUT2D eigenvalue weighted by Crippen LogP contribution is -2.16. The molecule has 0 aliphatic heterocycles. The van der Waals surface area contributed by atoms with Gasteiger partial charge in [0.2, 0.25) is 0 Å². The molecular weight excluding hydrogens is 332 g/mol. The molecule has 0 saturated carbocycles. The standard InChI is InChI=1S/C11H13BrN4O2S/c1-7-2-3-9(4-10(7)12)16-19(17,18)11-8(5-13)6-14-15-11/h2-4,6,16H,5,13H2,1H3,(H,14,15). The molecule has 0 bridgehead atoms. The van der Waals surface area contributed by atoms with E-state index in [1.165, 1.54) is 6.20 Å². The van der Waals surface area contributed by atoms with Crippen LogP contribution in [-0.4, -0.2) is 18.6 Å². The van der Waals surface area contributed by atoms with Crippen LogP contribution in [0.25, 0.3) is 0 Å². The van der Waals surface area contributed by atoms with Crippen molar-refractivity contribution in [1.29, 1.82) is 0 Å². The number of nitrogens with two attached hydrogens (primary N) is 1. The van der Waals surface area contributed by atoms with Crippen molar-refractivity contribution in [2.45, 2.75) is 18.5 Å². The molecular formula is C11H13BrN4O2S. The zero-order valence-corrected chi connectivity index (χ0v) is 12.5. The third-order valence-corrected chi connectivity index (χ3v) is 4.84. The molecule has 0 fully saturated rings. The van der Waals surface area contributed by atoms with E-state index in [9.17, 15) is 8.42 Å². The van der Waals surface area contributed by atoms with Gasteiger partial charge in [0, 0.05) is 16.6 Å². The fourth-order valence-electron chi connectivity index (χ4n) is 1.54. The molecule has 1 heterocycles. The summed E-state index contributed by atoms with van der Waals surface area (Å²) in [5, 5.41) is 6.14. The molecule has 6 nitrogen and oxygen atoms in total.